The SMILES string of the molecule is CC(C)CCCOCC(O)CNC1CC1(C)C. The Labute approximate surface area is 106 Å². The smallest absolute Gasteiger partial charge is 0.0897 e. The Bertz CT molecular complexity index is 216. The molecule has 2 unspecified atom stereocenters. The Morgan fingerprint density at radius 2 is 2.06 bits per heavy atom. The highest BCUT2D eigenvalue weighted by Gasteiger charge is 2.45. The van der Waals surface area contributed by atoms with Gasteiger partial charge >= 0.3 is 0 Å². The number of nitrogens with one attached hydrogen (secondary N) is 1. The summed E-state index contributed by atoms with van der Waals surface area (Å²) in [5.74, 6) is 0.738. The van der Waals surface area contributed by atoms with Crippen LogP contribution in [-0.2, 0) is 4.74 Å². The first kappa shape index (κ1) is 14.9. The lowest BCUT2D eigenvalue weighted by atomic mass is 10.1. The summed E-state index contributed by atoms with van der Waals surface area (Å²) in [7, 11) is 0. The second-order valence-corrected chi connectivity index (χ2v) is 6.42. The minimum Gasteiger partial charge on any atom is -0.389 e. The summed E-state index contributed by atoms with van der Waals surface area (Å²) >= 11 is 0. The van der Waals surface area contributed by atoms with Crippen LogP contribution >= 0.6 is 0 Å². The molecule has 1 aliphatic rings. The van der Waals surface area contributed by atoms with E-state index in [0.717, 1.165) is 18.9 Å². The van der Waals surface area contributed by atoms with Crippen molar-refractivity contribution in [3.63, 3.8) is 0 Å². The molecule has 2 atom stereocenters. The molecule has 17 heavy (non-hydrogen) atoms. The van der Waals surface area contributed by atoms with Gasteiger partial charge in [0, 0.05) is 19.2 Å². The van der Waals surface area contributed by atoms with E-state index in [4.69, 9.17) is 4.74 Å². The number of aliphatic hydroxyl groups is 1. The van der Waals surface area contributed by atoms with Crippen molar-refractivity contribution in [2.75, 3.05) is 19.8 Å². The molecule has 3 heteroatoms. The largest absolute Gasteiger partial charge is 0.389 e. The number of aliphatic hydroxyl groups excluding tert-OH is 1. The van der Waals surface area contributed by atoms with Crippen molar-refractivity contribution in [2.45, 2.75) is 59.1 Å². The molecular weight excluding hydrogens is 214 g/mol. The Kier molecular flexibility index (Phi) is 5.90. The van der Waals surface area contributed by atoms with Crippen LogP contribution in [0.1, 0.15) is 47.0 Å². The molecule has 102 valence electrons. The maximum Gasteiger partial charge on any atom is 0.0897 e. The maximum absolute atomic E-state index is 9.72. The lowest BCUT2D eigenvalue weighted by Crippen LogP contribution is -2.33. The van der Waals surface area contributed by atoms with Crippen LogP contribution in [0.5, 0.6) is 0 Å². The van der Waals surface area contributed by atoms with Crippen LogP contribution in [0.25, 0.3) is 0 Å². The normalized spacial score (nSPS) is 24.0. The van der Waals surface area contributed by atoms with Gasteiger partial charge in [-0.15, -0.1) is 0 Å². The summed E-state index contributed by atoms with van der Waals surface area (Å²) in [6.45, 7) is 10.8. The molecule has 0 aliphatic heterocycles. The molecule has 0 spiro atoms. The van der Waals surface area contributed by atoms with Crippen molar-refractivity contribution in [3.8, 4) is 0 Å². The second-order valence-electron chi connectivity index (χ2n) is 6.42. The first-order chi connectivity index (χ1) is 7.92. The fourth-order valence-corrected chi connectivity index (χ4v) is 1.97. The van der Waals surface area contributed by atoms with Crippen molar-refractivity contribution in [3.05, 3.63) is 0 Å². The molecule has 0 bridgehead atoms. The van der Waals surface area contributed by atoms with Gasteiger partial charge in [0.15, 0.2) is 0 Å². The van der Waals surface area contributed by atoms with E-state index in [-0.39, 0.29) is 6.10 Å². The highest BCUT2D eigenvalue weighted by molar-refractivity contribution is 5.01. The first-order valence-corrected chi connectivity index (χ1v) is 6.91. The van der Waals surface area contributed by atoms with E-state index in [1.807, 2.05) is 0 Å². The fourth-order valence-electron chi connectivity index (χ4n) is 1.97. The maximum atomic E-state index is 9.72. The molecule has 3 nitrogen and oxygen atoms in total. The lowest BCUT2D eigenvalue weighted by Gasteiger charge is -2.13. The monoisotopic (exact) mass is 243 g/mol. The number of hydrogen-bond donors (Lipinski definition) is 2. The molecule has 1 saturated carbocycles. The predicted octanol–water partition coefficient (Wildman–Crippen LogP) is 2.19. The number of hydrogen-bond acceptors (Lipinski definition) is 3. The highest BCUT2D eigenvalue weighted by Crippen LogP contribution is 2.44. The summed E-state index contributed by atoms with van der Waals surface area (Å²) < 4.78 is 5.46. The molecule has 1 aliphatic carbocycles. The molecule has 0 radical (unpaired) electrons. The van der Waals surface area contributed by atoms with Crippen molar-refractivity contribution in [2.24, 2.45) is 11.3 Å². The molecule has 1 fully saturated rings. The molecule has 0 aromatic heterocycles. The summed E-state index contributed by atoms with van der Waals surface area (Å²) in [5.41, 5.74) is 0.428. The zero-order valence-electron chi connectivity index (χ0n) is 11.8. The topological polar surface area (TPSA) is 41.5 Å². The Hall–Kier alpha value is -0.120. The summed E-state index contributed by atoms with van der Waals surface area (Å²) in [5, 5.41) is 13.1. The molecule has 2 N–H and O–H groups in total. The molecular formula is C14H29NO2. The first-order valence-electron chi connectivity index (χ1n) is 6.91. The van der Waals surface area contributed by atoms with Gasteiger partial charge in [0.1, 0.15) is 0 Å². The van der Waals surface area contributed by atoms with Crippen molar-refractivity contribution >= 4 is 0 Å². The van der Waals surface area contributed by atoms with Gasteiger partial charge in [0.2, 0.25) is 0 Å². The van der Waals surface area contributed by atoms with Crippen LogP contribution in [0.2, 0.25) is 0 Å². The molecule has 0 saturated heterocycles. The molecule has 0 amide bonds. The van der Waals surface area contributed by atoms with Crippen LogP contribution in [0.15, 0.2) is 0 Å². The van der Waals surface area contributed by atoms with Gasteiger partial charge in [-0.1, -0.05) is 27.7 Å². The van der Waals surface area contributed by atoms with Crippen LogP contribution in [0.4, 0.5) is 0 Å². The van der Waals surface area contributed by atoms with E-state index in [1.165, 1.54) is 12.8 Å². The van der Waals surface area contributed by atoms with E-state index >= 15 is 0 Å². The minimum atomic E-state index is -0.370. The quantitative estimate of drug-likeness (QED) is 0.610. The highest BCUT2D eigenvalue weighted by atomic mass is 16.5. The average Bonchev–Trinajstić information content (AvgIpc) is 2.82. The van der Waals surface area contributed by atoms with Crippen molar-refractivity contribution in [1.82, 2.24) is 5.32 Å². The minimum absolute atomic E-state index is 0.370. The Morgan fingerprint density at radius 3 is 2.59 bits per heavy atom. The number of ether oxygens (including phenoxy) is 1. The second kappa shape index (κ2) is 6.72. The van der Waals surface area contributed by atoms with Crippen molar-refractivity contribution < 1.29 is 9.84 Å². The van der Waals surface area contributed by atoms with E-state index in [1.54, 1.807) is 0 Å². The summed E-state index contributed by atoms with van der Waals surface area (Å²) in [6.07, 6.45) is 3.14. The van der Waals surface area contributed by atoms with Crippen LogP contribution in [-0.4, -0.2) is 37.0 Å². The van der Waals surface area contributed by atoms with Crippen LogP contribution in [0.3, 0.4) is 0 Å². The van der Waals surface area contributed by atoms with E-state index in [9.17, 15) is 5.11 Å². The third-order valence-corrected chi connectivity index (χ3v) is 3.49. The van der Waals surface area contributed by atoms with E-state index in [0.29, 0.717) is 24.6 Å². The fraction of sp³-hybridized carbons (Fsp3) is 1.00. The van der Waals surface area contributed by atoms with Gasteiger partial charge in [-0.2, -0.15) is 0 Å². The van der Waals surface area contributed by atoms with Gasteiger partial charge in [-0.05, 0) is 30.6 Å². The van der Waals surface area contributed by atoms with Gasteiger partial charge < -0.3 is 15.2 Å². The zero-order chi connectivity index (χ0) is 12.9. The standard InChI is InChI=1S/C14H29NO2/c1-11(2)6-5-7-17-10-12(16)9-15-13-8-14(13,3)4/h11-13,15-16H,5-10H2,1-4H3. The molecule has 1 rings (SSSR count). The molecule has 0 heterocycles. The third kappa shape index (κ3) is 6.39. The van der Waals surface area contributed by atoms with Crippen LogP contribution in [0, 0.1) is 11.3 Å². The zero-order valence-corrected chi connectivity index (χ0v) is 11.8. The third-order valence-electron chi connectivity index (χ3n) is 3.49. The van der Waals surface area contributed by atoms with Gasteiger partial charge in [0.05, 0.1) is 12.7 Å². The average molecular weight is 243 g/mol. The molecule has 0 aromatic carbocycles. The summed E-state index contributed by atoms with van der Waals surface area (Å²) in [4.78, 5) is 0. The molecule has 0 aromatic rings. The Morgan fingerprint density at radius 1 is 1.41 bits per heavy atom. The Balaban J connectivity index is 1.90. The summed E-state index contributed by atoms with van der Waals surface area (Å²) in [6, 6.07) is 0.582. The van der Waals surface area contributed by atoms with Gasteiger partial charge in [0.25, 0.3) is 0 Å². The van der Waals surface area contributed by atoms with Crippen LogP contribution < -0.4 is 5.32 Å². The van der Waals surface area contributed by atoms with Crippen molar-refractivity contribution in [1.29, 1.82) is 0 Å². The lowest BCUT2D eigenvalue weighted by molar-refractivity contribution is 0.0343. The van der Waals surface area contributed by atoms with Gasteiger partial charge in [-0.25, -0.2) is 0 Å². The van der Waals surface area contributed by atoms with E-state index < -0.39 is 0 Å². The van der Waals surface area contributed by atoms with Gasteiger partial charge in [-0.3, -0.25) is 0 Å². The number of rotatable bonds is 9. The predicted molar refractivity (Wildman–Crippen MR) is 71.1 cm³/mol. The van der Waals surface area contributed by atoms with E-state index in [2.05, 4.69) is 33.0 Å².